The van der Waals surface area contributed by atoms with Crippen molar-refractivity contribution in [2.75, 3.05) is 7.11 Å². The van der Waals surface area contributed by atoms with Crippen molar-refractivity contribution in [1.82, 2.24) is 5.32 Å². The lowest BCUT2D eigenvalue weighted by Gasteiger charge is -2.15. The number of carbonyl (C=O) groups is 3. The first-order valence-corrected chi connectivity index (χ1v) is 6.22. The molecule has 1 aromatic rings. The lowest BCUT2D eigenvalue weighted by atomic mass is 10.1. The van der Waals surface area contributed by atoms with Crippen molar-refractivity contribution >= 4 is 29.2 Å². The average Bonchev–Trinajstić information content (AvgIpc) is 2.89. The normalized spacial score (nSPS) is 12.1. The van der Waals surface area contributed by atoms with Gasteiger partial charge in [-0.15, -0.1) is 11.3 Å². The molecule has 0 aliphatic carbocycles. The average molecular weight is 283 g/mol. The predicted octanol–water partition coefficient (Wildman–Crippen LogP) is 1.11. The number of thiophene rings is 1. The van der Waals surface area contributed by atoms with Crippen molar-refractivity contribution in [2.24, 2.45) is 0 Å². The van der Waals surface area contributed by atoms with Gasteiger partial charge < -0.3 is 15.2 Å². The Kier molecular flexibility index (Phi) is 5.74. The van der Waals surface area contributed by atoms with Crippen molar-refractivity contribution in [3.05, 3.63) is 34.5 Å². The number of rotatable bonds is 6. The fourth-order valence-corrected chi connectivity index (χ4v) is 2.11. The minimum atomic E-state index is -1.21. The van der Waals surface area contributed by atoms with Crippen molar-refractivity contribution in [3.63, 3.8) is 0 Å². The minimum Gasteiger partial charge on any atom is -0.478 e. The number of ether oxygens (including phenoxy) is 1. The highest BCUT2D eigenvalue weighted by Gasteiger charge is 2.18. The highest BCUT2D eigenvalue weighted by atomic mass is 32.1. The Balaban J connectivity index is 2.72. The number of carboxylic acid groups (broad SMARTS) is 1. The molecule has 0 fully saturated rings. The van der Waals surface area contributed by atoms with E-state index in [-0.39, 0.29) is 6.42 Å². The van der Waals surface area contributed by atoms with Crippen molar-refractivity contribution < 1.29 is 24.2 Å². The summed E-state index contributed by atoms with van der Waals surface area (Å²) in [5.74, 6) is -2.25. The van der Waals surface area contributed by atoms with Crippen LogP contribution in [0.15, 0.2) is 29.7 Å². The highest BCUT2D eigenvalue weighted by Crippen LogP contribution is 2.22. The van der Waals surface area contributed by atoms with Gasteiger partial charge in [0.15, 0.2) is 0 Å². The van der Waals surface area contributed by atoms with Crippen LogP contribution < -0.4 is 5.32 Å². The number of esters is 1. The smallest absolute Gasteiger partial charge is 0.328 e. The molecule has 1 rings (SSSR count). The van der Waals surface area contributed by atoms with E-state index in [2.05, 4.69) is 10.1 Å². The Morgan fingerprint density at radius 3 is 2.74 bits per heavy atom. The van der Waals surface area contributed by atoms with Crippen LogP contribution in [0.5, 0.6) is 0 Å². The molecule has 0 radical (unpaired) electrons. The highest BCUT2D eigenvalue weighted by molar-refractivity contribution is 7.10. The Hall–Kier alpha value is -2.15. The minimum absolute atomic E-state index is 0.0103. The van der Waals surface area contributed by atoms with Gasteiger partial charge in [0.25, 0.3) is 0 Å². The third-order valence-electron chi connectivity index (χ3n) is 2.18. The van der Waals surface area contributed by atoms with Crippen LogP contribution in [0.4, 0.5) is 0 Å². The van der Waals surface area contributed by atoms with Crippen molar-refractivity contribution in [1.29, 1.82) is 0 Å². The van der Waals surface area contributed by atoms with Gasteiger partial charge in [-0.1, -0.05) is 6.07 Å². The zero-order valence-electron chi connectivity index (χ0n) is 10.2. The molecule has 1 unspecified atom stereocenters. The first-order chi connectivity index (χ1) is 9.02. The third-order valence-corrected chi connectivity index (χ3v) is 3.16. The number of methoxy groups -OCH3 is 1. The number of aliphatic carboxylic acids is 1. The molecule has 0 aliphatic rings. The molecule has 1 amide bonds. The second kappa shape index (κ2) is 7.32. The summed E-state index contributed by atoms with van der Waals surface area (Å²) in [6.45, 7) is 0. The van der Waals surface area contributed by atoms with Crippen LogP contribution in [0.2, 0.25) is 0 Å². The number of hydrogen-bond donors (Lipinski definition) is 2. The number of nitrogens with one attached hydrogen (secondary N) is 1. The molecule has 0 saturated heterocycles. The predicted molar refractivity (Wildman–Crippen MR) is 68.6 cm³/mol. The fourth-order valence-electron chi connectivity index (χ4n) is 1.33. The van der Waals surface area contributed by atoms with E-state index in [4.69, 9.17) is 5.11 Å². The Morgan fingerprint density at radius 2 is 2.21 bits per heavy atom. The van der Waals surface area contributed by atoms with Gasteiger partial charge in [0.1, 0.15) is 0 Å². The summed E-state index contributed by atoms with van der Waals surface area (Å²) in [6, 6.07) is 3.04. The number of carbonyl (C=O) groups excluding carboxylic acids is 2. The monoisotopic (exact) mass is 283 g/mol. The van der Waals surface area contributed by atoms with Gasteiger partial charge in [-0.25, -0.2) is 4.79 Å². The molecule has 0 spiro atoms. The standard InChI is InChI=1S/C12H13NO5S/c1-18-12(17)7-8(9-3-2-6-19-9)13-10(14)4-5-11(15)16/h2-6,8H,7H2,1H3,(H,13,14)(H,15,16)/b5-4+. The third kappa shape index (κ3) is 5.35. The van der Waals surface area contributed by atoms with Gasteiger partial charge >= 0.3 is 11.9 Å². The lowest BCUT2D eigenvalue weighted by molar-refractivity contribution is -0.141. The van der Waals surface area contributed by atoms with E-state index in [1.807, 2.05) is 5.38 Å². The van der Waals surface area contributed by atoms with Crippen molar-refractivity contribution in [2.45, 2.75) is 12.5 Å². The van der Waals surface area contributed by atoms with E-state index in [0.29, 0.717) is 0 Å². The maximum absolute atomic E-state index is 11.5. The van der Waals surface area contributed by atoms with Crippen LogP contribution in [0.3, 0.4) is 0 Å². The molecule has 7 heteroatoms. The van der Waals surface area contributed by atoms with Crippen LogP contribution in [-0.2, 0) is 19.1 Å². The molecule has 1 atom stereocenters. The van der Waals surface area contributed by atoms with Gasteiger partial charge in [-0.05, 0) is 11.4 Å². The number of carboxylic acids is 1. The van der Waals surface area contributed by atoms with E-state index in [1.165, 1.54) is 18.4 Å². The summed E-state index contributed by atoms with van der Waals surface area (Å²) in [4.78, 5) is 33.9. The number of amides is 1. The van der Waals surface area contributed by atoms with E-state index in [9.17, 15) is 14.4 Å². The second-order valence-electron chi connectivity index (χ2n) is 3.53. The second-order valence-corrected chi connectivity index (χ2v) is 4.51. The molecule has 19 heavy (non-hydrogen) atoms. The van der Waals surface area contributed by atoms with Crippen LogP contribution in [0, 0.1) is 0 Å². The maximum Gasteiger partial charge on any atom is 0.328 e. The van der Waals surface area contributed by atoms with Gasteiger partial charge in [0, 0.05) is 17.0 Å². The van der Waals surface area contributed by atoms with E-state index >= 15 is 0 Å². The summed E-state index contributed by atoms with van der Waals surface area (Å²) < 4.78 is 4.56. The molecular formula is C12H13NO5S. The first-order valence-electron chi connectivity index (χ1n) is 5.34. The van der Waals surface area contributed by atoms with Gasteiger partial charge in [0.2, 0.25) is 5.91 Å². The van der Waals surface area contributed by atoms with E-state index in [0.717, 1.165) is 17.0 Å². The SMILES string of the molecule is COC(=O)CC(NC(=O)/C=C/C(=O)O)c1cccs1. The molecule has 0 bridgehead atoms. The molecule has 2 N–H and O–H groups in total. The van der Waals surface area contributed by atoms with Crippen LogP contribution >= 0.6 is 11.3 Å². The van der Waals surface area contributed by atoms with Gasteiger partial charge in [-0.3, -0.25) is 9.59 Å². The zero-order chi connectivity index (χ0) is 14.3. The largest absolute Gasteiger partial charge is 0.478 e. The number of hydrogen-bond acceptors (Lipinski definition) is 5. The maximum atomic E-state index is 11.5. The molecule has 1 heterocycles. The molecule has 6 nitrogen and oxygen atoms in total. The Bertz CT molecular complexity index is 480. The Labute approximate surface area is 113 Å². The molecular weight excluding hydrogens is 270 g/mol. The van der Waals surface area contributed by atoms with Crippen LogP contribution in [0.1, 0.15) is 17.3 Å². The molecule has 0 aliphatic heterocycles. The van der Waals surface area contributed by atoms with E-state index in [1.54, 1.807) is 12.1 Å². The summed E-state index contributed by atoms with van der Waals surface area (Å²) in [5, 5.41) is 12.8. The van der Waals surface area contributed by atoms with Crippen LogP contribution in [-0.4, -0.2) is 30.1 Å². The van der Waals surface area contributed by atoms with Gasteiger partial charge in [0.05, 0.1) is 19.6 Å². The molecule has 0 aromatic carbocycles. The fraction of sp³-hybridized carbons (Fsp3) is 0.250. The summed E-state index contributed by atoms with van der Waals surface area (Å²) >= 11 is 1.39. The van der Waals surface area contributed by atoms with Crippen molar-refractivity contribution in [3.8, 4) is 0 Å². The molecule has 1 aromatic heterocycles. The van der Waals surface area contributed by atoms with Crippen LogP contribution in [0.25, 0.3) is 0 Å². The topological polar surface area (TPSA) is 92.7 Å². The molecule has 0 saturated carbocycles. The quantitative estimate of drug-likeness (QED) is 0.602. The zero-order valence-corrected chi connectivity index (χ0v) is 11.0. The molecule has 102 valence electrons. The summed E-state index contributed by atoms with van der Waals surface area (Å²) in [6.07, 6.45) is 1.63. The first kappa shape index (κ1) is 14.9. The van der Waals surface area contributed by atoms with E-state index < -0.39 is 23.9 Å². The Morgan fingerprint density at radius 1 is 1.47 bits per heavy atom. The van der Waals surface area contributed by atoms with Gasteiger partial charge in [-0.2, -0.15) is 0 Å². The summed E-state index contributed by atoms with van der Waals surface area (Å²) in [7, 11) is 1.26. The lowest BCUT2D eigenvalue weighted by Crippen LogP contribution is -2.28. The summed E-state index contributed by atoms with van der Waals surface area (Å²) in [5.41, 5.74) is 0.